The van der Waals surface area contributed by atoms with E-state index in [0.717, 1.165) is 49.2 Å². The van der Waals surface area contributed by atoms with E-state index in [0.29, 0.717) is 0 Å². The highest BCUT2D eigenvalue weighted by molar-refractivity contribution is 5.48. The minimum Gasteiger partial charge on any atom is -0.466 e. The average Bonchev–Trinajstić information content (AvgIpc) is 2.94. The highest BCUT2D eigenvalue weighted by Crippen LogP contribution is 2.19. The molecule has 3 heterocycles. The monoisotopic (exact) mass is 286 g/mol. The van der Waals surface area contributed by atoms with Gasteiger partial charge < -0.3 is 14.6 Å². The third-order valence-electron chi connectivity index (χ3n) is 3.81. The Morgan fingerprint density at radius 3 is 2.81 bits per heavy atom. The Bertz CT molecular complexity index is 575. The van der Waals surface area contributed by atoms with Crippen LogP contribution in [0.4, 0.5) is 11.6 Å². The molecule has 1 aliphatic rings. The lowest BCUT2D eigenvalue weighted by Gasteiger charge is -2.27. The summed E-state index contributed by atoms with van der Waals surface area (Å²) >= 11 is 0. The Hall–Kier alpha value is -2.04. The number of anilines is 2. The molecule has 0 saturated carbocycles. The topological polar surface area (TPSA) is 54.2 Å². The Morgan fingerprint density at radius 2 is 2.05 bits per heavy atom. The second-order valence-electron chi connectivity index (χ2n) is 5.50. The minimum atomic E-state index is 0.809. The summed E-state index contributed by atoms with van der Waals surface area (Å²) in [5.41, 5.74) is 0. The first-order valence-electron chi connectivity index (χ1n) is 7.67. The number of hydrogen-bond donors (Lipinski definition) is 1. The zero-order valence-electron chi connectivity index (χ0n) is 12.5. The Morgan fingerprint density at radius 1 is 1.19 bits per heavy atom. The average molecular weight is 286 g/mol. The molecule has 2 aromatic rings. The molecule has 0 amide bonds. The first kappa shape index (κ1) is 13.9. The van der Waals surface area contributed by atoms with Crippen LogP contribution in [-0.4, -0.2) is 29.6 Å². The predicted octanol–water partition coefficient (Wildman–Crippen LogP) is 3.02. The molecule has 1 fully saturated rings. The van der Waals surface area contributed by atoms with Crippen molar-refractivity contribution in [2.75, 3.05) is 29.9 Å². The summed E-state index contributed by atoms with van der Waals surface area (Å²) in [6.07, 6.45) is 6.34. The van der Waals surface area contributed by atoms with Crippen LogP contribution in [-0.2, 0) is 6.42 Å². The molecule has 112 valence electrons. The molecule has 1 saturated heterocycles. The van der Waals surface area contributed by atoms with Gasteiger partial charge in [0.2, 0.25) is 0 Å². The van der Waals surface area contributed by atoms with Crippen LogP contribution in [0.3, 0.4) is 0 Å². The summed E-state index contributed by atoms with van der Waals surface area (Å²) in [5.74, 6) is 3.87. The zero-order chi connectivity index (χ0) is 14.5. The zero-order valence-corrected chi connectivity index (χ0v) is 12.5. The molecule has 0 aliphatic carbocycles. The van der Waals surface area contributed by atoms with Gasteiger partial charge in [0.15, 0.2) is 0 Å². The highest BCUT2D eigenvalue weighted by atomic mass is 16.3. The van der Waals surface area contributed by atoms with Crippen molar-refractivity contribution in [3.63, 3.8) is 0 Å². The Labute approximate surface area is 125 Å². The lowest BCUT2D eigenvalue weighted by molar-refractivity contribution is 0.486. The fraction of sp³-hybridized carbons (Fsp3) is 0.500. The molecule has 0 bridgehead atoms. The number of hydrogen-bond acceptors (Lipinski definition) is 5. The van der Waals surface area contributed by atoms with E-state index in [1.807, 2.05) is 25.1 Å². The number of aryl methyl sites for hydroxylation is 1. The molecule has 5 nitrogen and oxygen atoms in total. The Kier molecular flexibility index (Phi) is 4.38. The summed E-state index contributed by atoms with van der Waals surface area (Å²) in [6.45, 7) is 4.97. The Balaban J connectivity index is 1.55. The number of aromatic nitrogens is 2. The third-order valence-corrected chi connectivity index (χ3v) is 3.81. The van der Waals surface area contributed by atoms with Gasteiger partial charge in [0, 0.05) is 32.1 Å². The van der Waals surface area contributed by atoms with Gasteiger partial charge in [-0.2, -0.15) is 0 Å². The molecular formula is C16H22N4O. The van der Waals surface area contributed by atoms with E-state index in [2.05, 4.69) is 20.2 Å². The van der Waals surface area contributed by atoms with E-state index in [4.69, 9.17) is 4.42 Å². The number of furan rings is 1. The van der Waals surface area contributed by atoms with Gasteiger partial charge in [0.1, 0.15) is 29.5 Å². The molecule has 0 unspecified atom stereocenters. The normalized spacial score (nSPS) is 15.2. The van der Waals surface area contributed by atoms with Gasteiger partial charge in [-0.25, -0.2) is 9.97 Å². The number of rotatable bonds is 5. The maximum atomic E-state index is 5.56. The van der Waals surface area contributed by atoms with Crippen LogP contribution in [0.15, 0.2) is 28.9 Å². The molecule has 1 aliphatic heterocycles. The molecular weight excluding hydrogens is 264 g/mol. The smallest absolute Gasteiger partial charge is 0.134 e. The molecule has 0 spiro atoms. The number of nitrogens with zero attached hydrogens (tertiary/aromatic N) is 3. The van der Waals surface area contributed by atoms with Crippen LogP contribution in [0.1, 0.15) is 30.8 Å². The van der Waals surface area contributed by atoms with E-state index in [1.165, 1.54) is 19.3 Å². The van der Waals surface area contributed by atoms with Crippen molar-refractivity contribution in [2.24, 2.45) is 0 Å². The van der Waals surface area contributed by atoms with Crippen LogP contribution in [0, 0.1) is 6.92 Å². The summed E-state index contributed by atoms with van der Waals surface area (Å²) in [4.78, 5) is 11.0. The van der Waals surface area contributed by atoms with Gasteiger partial charge in [-0.15, -0.1) is 0 Å². The lowest BCUT2D eigenvalue weighted by Crippen LogP contribution is -2.30. The maximum absolute atomic E-state index is 5.56. The van der Waals surface area contributed by atoms with Crippen LogP contribution in [0.5, 0.6) is 0 Å². The van der Waals surface area contributed by atoms with Crippen LogP contribution >= 0.6 is 0 Å². The highest BCUT2D eigenvalue weighted by Gasteiger charge is 2.12. The van der Waals surface area contributed by atoms with E-state index >= 15 is 0 Å². The SMILES string of the molecule is Cc1ccc(CCNc2cc(N3CCCCC3)ncn2)o1. The maximum Gasteiger partial charge on any atom is 0.134 e. The fourth-order valence-corrected chi connectivity index (χ4v) is 2.67. The largest absolute Gasteiger partial charge is 0.466 e. The predicted molar refractivity (Wildman–Crippen MR) is 83.7 cm³/mol. The first-order valence-corrected chi connectivity index (χ1v) is 7.67. The van der Waals surface area contributed by atoms with Crippen molar-refractivity contribution in [1.82, 2.24) is 9.97 Å². The van der Waals surface area contributed by atoms with Gasteiger partial charge >= 0.3 is 0 Å². The van der Waals surface area contributed by atoms with Gasteiger partial charge in [0.25, 0.3) is 0 Å². The number of piperidine rings is 1. The molecule has 0 atom stereocenters. The van der Waals surface area contributed by atoms with Gasteiger partial charge in [0.05, 0.1) is 0 Å². The molecule has 0 aromatic carbocycles. The first-order chi connectivity index (χ1) is 10.3. The van der Waals surface area contributed by atoms with Crippen molar-refractivity contribution in [2.45, 2.75) is 32.6 Å². The molecule has 3 rings (SSSR count). The minimum absolute atomic E-state index is 0.809. The lowest BCUT2D eigenvalue weighted by atomic mass is 10.1. The fourth-order valence-electron chi connectivity index (χ4n) is 2.67. The summed E-state index contributed by atoms with van der Waals surface area (Å²) in [6, 6.07) is 6.06. The van der Waals surface area contributed by atoms with Gasteiger partial charge in [-0.3, -0.25) is 0 Å². The van der Waals surface area contributed by atoms with Crippen LogP contribution in [0.2, 0.25) is 0 Å². The molecule has 0 radical (unpaired) electrons. The van der Waals surface area contributed by atoms with Crippen molar-refractivity contribution in [3.05, 3.63) is 36.0 Å². The van der Waals surface area contributed by atoms with Crippen molar-refractivity contribution >= 4 is 11.6 Å². The second-order valence-corrected chi connectivity index (χ2v) is 5.50. The second kappa shape index (κ2) is 6.61. The van der Waals surface area contributed by atoms with Crippen molar-refractivity contribution in [1.29, 1.82) is 0 Å². The van der Waals surface area contributed by atoms with E-state index in [1.54, 1.807) is 6.33 Å². The quantitative estimate of drug-likeness (QED) is 0.915. The number of nitrogens with one attached hydrogen (secondary N) is 1. The van der Waals surface area contributed by atoms with E-state index in [9.17, 15) is 0 Å². The third kappa shape index (κ3) is 3.74. The molecule has 2 aromatic heterocycles. The standard InChI is InChI=1S/C16H22N4O/c1-13-5-6-14(21-13)7-8-17-15-11-16(19-12-18-15)20-9-3-2-4-10-20/h5-6,11-12H,2-4,7-10H2,1H3,(H,17,18,19). The summed E-state index contributed by atoms with van der Waals surface area (Å²) < 4.78 is 5.56. The van der Waals surface area contributed by atoms with Crippen molar-refractivity contribution in [3.8, 4) is 0 Å². The summed E-state index contributed by atoms with van der Waals surface area (Å²) in [7, 11) is 0. The van der Waals surface area contributed by atoms with Gasteiger partial charge in [-0.1, -0.05) is 0 Å². The van der Waals surface area contributed by atoms with E-state index < -0.39 is 0 Å². The van der Waals surface area contributed by atoms with E-state index in [-0.39, 0.29) is 0 Å². The molecule has 1 N–H and O–H groups in total. The van der Waals surface area contributed by atoms with Crippen LogP contribution < -0.4 is 10.2 Å². The van der Waals surface area contributed by atoms with Crippen LogP contribution in [0.25, 0.3) is 0 Å². The molecule has 5 heteroatoms. The summed E-state index contributed by atoms with van der Waals surface area (Å²) in [5, 5.41) is 3.34. The molecule has 21 heavy (non-hydrogen) atoms. The van der Waals surface area contributed by atoms with Crippen molar-refractivity contribution < 1.29 is 4.42 Å². The van der Waals surface area contributed by atoms with Gasteiger partial charge in [-0.05, 0) is 38.3 Å².